The Labute approximate surface area is 127 Å². The Balaban J connectivity index is 2.20. The number of hydrogen-bond acceptors (Lipinski definition) is 7. The number of ether oxygens (including phenoxy) is 1. The molecule has 7 nitrogen and oxygen atoms in total. The van der Waals surface area contributed by atoms with E-state index in [0.717, 1.165) is 0 Å². The average molecular weight is 306 g/mol. The molecule has 0 fully saturated rings. The number of para-hydroxylation sites is 1. The van der Waals surface area contributed by atoms with Crippen molar-refractivity contribution in [2.75, 3.05) is 25.1 Å². The number of aliphatic hydroxyl groups excluding tert-OH is 2. The number of benzene rings is 1. The van der Waals surface area contributed by atoms with Crippen molar-refractivity contribution >= 4 is 11.7 Å². The summed E-state index contributed by atoms with van der Waals surface area (Å²) in [6.07, 6.45) is 0.375. The van der Waals surface area contributed by atoms with Crippen LogP contribution in [0.15, 0.2) is 34.9 Å². The Morgan fingerprint density at radius 1 is 1.45 bits per heavy atom. The summed E-state index contributed by atoms with van der Waals surface area (Å²) in [5.74, 6) is -0.275. The molecule has 0 spiro atoms. The van der Waals surface area contributed by atoms with Crippen molar-refractivity contribution in [3.63, 3.8) is 0 Å². The van der Waals surface area contributed by atoms with E-state index in [4.69, 9.17) is 14.3 Å². The van der Waals surface area contributed by atoms with E-state index in [1.165, 1.54) is 6.26 Å². The highest BCUT2D eigenvalue weighted by atomic mass is 16.5. The molecule has 0 saturated carbocycles. The summed E-state index contributed by atoms with van der Waals surface area (Å²) in [5.41, 5.74) is 1.41. The number of hydrogen-bond donors (Lipinski definition) is 3. The van der Waals surface area contributed by atoms with Crippen LogP contribution in [0, 0.1) is 0 Å². The van der Waals surface area contributed by atoms with Gasteiger partial charge in [-0.1, -0.05) is 12.1 Å². The quantitative estimate of drug-likeness (QED) is 0.662. The minimum atomic E-state index is -0.868. The standard InChI is InChI=1S/C15H18N2O5/c1-2-21-15(20)13-9-22-14(17-13)11-5-3-4-6-12(11)16-7-10(19)8-18/h3-6,9-10,16,18-19H,2,7-8H2,1H3. The summed E-state index contributed by atoms with van der Waals surface area (Å²) in [5, 5.41) is 21.2. The van der Waals surface area contributed by atoms with Crippen molar-refractivity contribution in [1.82, 2.24) is 4.98 Å². The highest BCUT2D eigenvalue weighted by molar-refractivity contribution is 5.87. The Kier molecular flexibility index (Phi) is 5.51. The largest absolute Gasteiger partial charge is 0.461 e. The first-order valence-corrected chi connectivity index (χ1v) is 6.90. The van der Waals surface area contributed by atoms with Crippen molar-refractivity contribution < 1.29 is 24.2 Å². The molecule has 118 valence electrons. The van der Waals surface area contributed by atoms with Crippen LogP contribution in [0.3, 0.4) is 0 Å². The third-order valence-electron chi connectivity index (χ3n) is 2.89. The first-order chi connectivity index (χ1) is 10.7. The van der Waals surface area contributed by atoms with E-state index in [1.54, 1.807) is 25.1 Å². The highest BCUT2D eigenvalue weighted by Gasteiger charge is 2.16. The van der Waals surface area contributed by atoms with Crippen LogP contribution in [0.5, 0.6) is 0 Å². The Morgan fingerprint density at radius 2 is 2.23 bits per heavy atom. The van der Waals surface area contributed by atoms with Gasteiger partial charge < -0.3 is 24.7 Å². The second kappa shape index (κ2) is 7.58. The Hall–Kier alpha value is -2.38. The van der Waals surface area contributed by atoms with Gasteiger partial charge in [0.1, 0.15) is 6.26 Å². The molecule has 0 amide bonds. The lowest BCUT2D eigenvalue weighted by Crippen LogP contribution is -2.23. The van der Waals surface area contributed by atoms with E-state index in [2.05, 4.69) is 10.3 Å². The lowest BCUT2D eigenvalue weighted by molar-refractivity contribution is 0.0519. The zero-order valence-corrected chi connectivity index (χ0v) is 12.2. The molecule has 1 heterocycles. The molecule has 0 aliphatic carbocycles. The van der Waals surface area contributed by atoms with Gasteiger partial charge in [0.15, 0.2) is 5.69 Å². The number of carbonyl (C=O) groups is 1. The van der Waals surface area contributed by atoms with Gasteiger partial charge in [0.2, 0.25) is 5.89 Å². The van der Waals surface area contributed by atoms with Crippen molar-refractivity contribution in [3.05, 3.63) is 36.2 Å². The zero-order chi connectivity index (χ0) is 15.9. The van der Waals surface area contributed by atoms with E-state index in [0.29, 0.717) is 11.3 Å². The maximum atomic E-state index is 11.6. The van der Waals surface area contributed by atoms with Gasteiger partial charge in [-0.25, -0.2) is 9.78 Å². The lowest BCUT2D eigenvalue weighted by atomic mass is 10.1. The van der Waals surface area contributed by atoms with Gasteiger partial charge in [0.25, 0.3) is 0 Å². The molecule has 3 N–H and O–H groups in total. The second-order valence-corrected chi connectivity index (χ2v) is 4.52. The van der Waals surface area contributed by atoms with Gasteiger partial charge in [-0.2, -0.15) is 0 Å². The lowest BCUT2D eigenvalue weighted by Gasteiger charge is -2.12. The van der Waals surface area contributed by atoms with Crippen molar-refractivity contribution in [2.24, 2.45) is 0 Å². The summed E-state index contributed by atoms with van der Waals surface area (Å²) in [4.78, 5) is 15.7. The normalized spacial score (nSPS) is 12.0. The van der Waals surface area contributed by atoms with Crippen molar-refractivity contribution in [1.29, 1.82) is 0 Å². The molecule has 22 heavy (non-hydrogen) atoms. The second-order valence-electron chi connectivity index (χ2n) is 4.52. The number of aliphatic hydroxyl groups is 2. The van der Waals surface area contributed by atoms with Crippen LogP contribution in [0.4, 0.5) is 5.69 Å². The molecule has 1 atom stereocenters. The summed E-state index contributed by atoms with van der Waals surface area (Å²) >= 11 is 0. The summed E-state index contributed by atoms with van der Waals surface area (Å²) in [6, 6.07) is 7.17. The smallest absolute Gasteiger partial charge is 0.360 e. The molecule has 2 rings (SSSR count). The minimum Gasteiger partial charge on any atom is -0.461 e. The first kappa shape index (κ1) is 16.0. The number of rotatable bonds is 7. The third-order valence-corrected chi connectivity index (χ3v) is 2.89. The van der Waals surface area contributed by atoms with Crippen LogP contribution >= 0.6 is 0 Å². The van der Waals surface area contributed by atoms with E-state index in [9.17, 15) is 9.90 Å². The number of aromatic nitrogens is 1. The van der Waals surface area contributed by atoms with Crippen LogP contribution in [0.25, 0.3) is 11.5 Å². The minimum absolute atomic E-state index is 0.0991. The van der Waals surface area contributed by atoms with Gasteiger partial charge in [-0.05, 0) is 19.1 Å². The molecule has 2 aromatic rings. The monoisotopic (exact) mass is 306 g/mol. The third kappa shape index (κ3) is 3.84. The van der Waals surface area contributed by atoms with Gasteiger partial charge in [0.05, 0.1) is 24.9 Å². The van der Waals surface area contributed by atoms with Gasteiger partial charge in [-0.3, -0.25) is 0 Å². The SMILES string of the molecule is CCOC(=O)c1coc(-c2ccccc2NCC(O)CO)n1. The fourth-order valence-electron chi connectivity index (χ4n) is 1.81. The van der Waals surface area contributed by atoms with E-state index >= 15 is 0 Å². The molecule has 0 aliphatic heterocycles. The fraction of sp³-hybridized carbons (Fsp3) is 0.333. The van der Waals surface area contributed by atoms with E-state index in [1.807, 2.05) is 6.07 Å². The summed E-state index contributed by atoms with van der Waals surface area (Å²) in [7, 11) is 0. The highest BCUT2D eigenvalue weighted by Crippen LogP contribution is 2.27. The number of nitrogens with zero attached hydrogens (tertiary/aromatic N) is 1. The number of anilines is 1. The fourth-order valence-corrected chi connectivity index (χ4v) is 1.81. The predicted octanol–water partition coefficient (Wildman–Crippen LogP) is 1.28. The molecular formula is C15H18N2O5. The first-order valence-electron chi connectivity index (χ1n) is 6.90. The maximum Gasteiger partial charge on any atom is 0.360 e. The molecule has 1 aromatic carbocycles. The molecule has 0 radical (unpaired) electrons. The number of esters is 1. The average Bonchev–Trinajstić information content (AvgIpc) is 3.03. The molecule has 0 aliphatic rings. The van der Waals surface area contributed by atoms with Crippen molar-refractivity contribution in [2.45, 2.75) is 13.0 Å². The summed E-state index contributed by atoms with van der Waals surface area (Å²) < 4.78 is 10.2. The number of nitrogens with one attached hydrogen (secondary N) is 1. The number of oxazole rings is 1. The maximum absolute atomic E-state index is 11.6. The van der Waals surface area contributed by atoms with Gasteiger partial charge >= 0.3 is 5.97 Å². The molecule has 1 aromatic heterocycles. The predicted molar refractivity (Wildman–Crippen MR) is 79.5 cm³/mol. The topological polar surface area (TPSA) is 105 Å². The number of carbonyl (C=O) groups excluding carboxylic acids is 1. The van der Waals surface area contributed by atoms with Crippen LogP contribution in [-0.4, -0.2) is 47.0 Å². The van der Waals surface area contributed by atoms with Crippen LogP contribution in [0.2, 0.25) is 0 Å². The zero-order valence-electron chi connectivity index (χ0n) is 12.2. The Bertz CT molecular complexity index is 626. The van der Waals surface area contributed by atoms with Crippen molar-refractivity contribution in [3.8, 4) is 11.5 Å². The van der Waals surface area contributed by atoms with Crippen LogP contribution in [0.1, 0.15) is 17.4 Å². The Morgan fingerprint density at radius 3 is 2.95 bits per heavy atom. The molecule has 1 unspecified atom stereocenters. The molecule has 7 heteroatoms. The summed E-state index contributed by atoms with van der Waals surface area (Å²) in [6.45, 7) is 1.82. The molecule has 0 bridgehead atoms. The van der Waals surface area contributed by atoms with E-state index in [-0.39, 0.29) is 31.3 Å². The van der Waals surface area contributed by atoms with E-state index < -0.39 is 12.1 Å². The van der Waals surface area contributed by atoms with Crippen LogP contribution < -0.4 is 5.32 Å². The van der Waals surface area contributed by atoms with Gasteiger partial charge in [0, 0.05) is 12.2 Å². The van der Waals surface area contributed by atoms with Gasteiger partial charge in [-0.15, -0.1) is 0 Å². The van der Waals surface area contributed by atoms with Crippen LogP contribution in [-0.2, 0) is 4.74 Å². The molecule has 0 saturated heterocycles. The molecular weight excluding hydrogens is 288 g/mol.